The smallest absolute Gasteiger partial charge is 0.0664 e. The molecule has 0 saturated heterocycles. The summed E-state index contributed by atoms with van der Waals surface area (Å²) in [6.07, 6.45) is 0. The predicted molar refractivity (Wildman–Crippen MR) is 228 cm³/mol. The van der Waals surface area contributed by atoms with Crippen molar-refractivity contribution >= 4 is 78.5 Å². The molecule has 0 aliphatic carbocycles. The monoisotopic (exact) mass is 662 g/mol. The molecule has 0 atom stereocenters. The van der Waals surface area contributed by atoms with Gasteiger partial charge in [0.1, 0.15) is 0 Å². The van der Waals surface area contributed by atoms with Crippen LogP contribution in [0.3, 0.4) is 0 Å². The Bertz CT molecular complexity index is 2790. The van der Waals surface area contributed by atoms with Crippen LogP contribution in [-0.2, 0) is 10.8 Å². The van der Waals surface area contributed by atoms with Gasteiger partial charge in [-0.05, 0) is 136 Å². The fourth-order valence-corrected chi connectivity index (χ4v) is 11.4. The largest absolute Gasteiger partial charge is 0.244 e. The first kappa shape index (κ1) is 29.5. The second-order valence-corrected chi connectivity index (χ2v) is 18.6. The Balaban J connectivity index is 1.37. The Morgan fingerprint density at radius 1 is 0.365 bits per heavy atom. The van der Waals surface area contributed by atoms with Gasteiger partial charge in [-0.1, -0.05) is 159 Å². The lowest BCUT2D eigenvalue weighted by Gasteiger charge is -2.35. The molecule has 2 heteroatoms. The van der Waals surface area contributed by atoms with Crippen molar-refractivity contribution in [2.75, 3.05) is 0 Å². The highest BCUT2D eigenvalue weighted by atomic mass is 14.4. The average Bonchev–Trinajstić information content (AvgIpc) is 3.61. The number of rotatable bonds is 0. The molecule has 4 heterocycles. The highest BCUT2D eigenvalue weighted by Crippen LogP contribution is 2.50. The van der Waals surface area contributed by atoms with E-state index in [2.05, 4.69) is 152 Å². The van der Waals surface area contributed by atoms with Crippen LogP contribution in [0.1, 0.15) is 63.8 Å². The minimum absolute atomic E-state index is 0.0450. The van der Waals surface area contributed by atoms with Crippen molar-refractivity contribution in [2.24, 2.45) is 0 Å². The molecular formula is C50H40B2. The molecule has 4 aliphatic rings. The van der Waals surface area contributed by atoms with Crippen LogP contribution < -0.4 is 32.8 Å². The Labute approximate surface area is 307 Å². The summed E-state index contributed by atoms with van der Waals surface area (Å²) in [6.45, 7) is 19.6. The van der Waals surface area contributed by atoms with Gasteiger partial charge >= 0.3 is 0 Å². The molecule has 0 amide bonds. The highest BCUT2D eigenvalue weighted by molar-refractivity contribution is 7.03. The molecule has 4 aliphatic heterocycles. The van der Waals surface area contributed by atoms with Crippen LogP contribution in [0.25, 0.3) is 76.8 Å². The maximum absolute atomic E-state index is 2.67. The molecule has 0 spiro atoms. The Kier molecular flexibility index (Phi) is 5.16. The van der Waals surface area contributed by atoms with Gasteiger partial charge in [0.2, 0.25) is 13.4 Å². The molecule has 246 valence electrons. The quantitative estimate of drug-likeness (QED) is 0.113. The summed E-state index contributed by atoms with van der Waals surface area (Å²) in [6, 6.07) is 38.9. The molecular weight excluding hydrogens is 622 g/mol. The lowest BCUT2D eigenvalue weighted by molar-refractivity contribution is 0.595. The van der Waals surface area contributed by atoms with Crippen LogP contribution in [0.4, 0.5) is 0 Å². The lowest BCUT2D eigenvalue weighted by Crippen LogP contribution is -2.53. The van der Waals surface area contributed by atoms with Crippen molar-refractivity contribution in [3.05, 3.63) is 119 Å². The molecule has 8 aromatic rings. The minimum Gasteiger partial charge on any atom is -0.0664 e. The first-order chi connectivity index (χ1) is 24.9. The van der Waals surface area contributed by atoms with E-state index in [1.54, 1.807) is 0 Å². The molecule has 12 rings (SSSR count). The molecule has 8 aromatic carbocycles. The van der Waals surface area contributed by atoms with Crippen LogP contribution in [0, 0.1) is 13.8 Å². The van der Waals surface area contributed by atoms with Gasteiger partial charge in [-0.25, -0.2) is 0 Å². The SMILES string of the molecule is Cc1cc2c3c(c1)-c1cc(C(C)(C)C)c4cc5c6c(cc(C(C)(C)C)c7cc(c1c4c76)B3c1ccccc1-2)-c1cc(C)cc2c1B5c1ccccc1-2. The molecule has 0 fully saturated rings. The van der Waals surface area contributed by atoms with E-state index < -0.39 is 0 Å². The van der Waals surface area contributed by atoms with E-state index >= 15 is 0 Å². The van der Waals surface area contributed by atoms with Crippen molar-refractivity contribution in [1.82, 2.24) is 0 Å². The number of aryl methyl sites for hydroxylation is 2. The third-order valence-corrected chi connectivity index (χ3v) is 13.3. The fraction of sp³-hybridized carbons (Fsp3) is 0.200. The van der Waals surface area contributed by atoms with Gasteiger partial charge in [0.15, 0.2) is 0 Å². The first-order valence-corrected chi connectivity index (χ1v) is 19.3. The van der Waals surface area contributed by atoms with E-state index in [-0.39, 0.29) is 24.3 Å². The summed E-state index contributed by atoms with van der Waals surface area (Å²) < 4.78 is 0. The zero-order chi connectivity index (χ0) is 35.3. The van der Waals surface area contributed by atoms with Crippen molar-refractivity contribution in [3.8, 4) is 44.5 Å². The lowest BCUT2D eigenvalue weighted by atomic mass is 9.34. The highest BCUT2D eigenvalue weighted by Gasteiger charge is 2.45. The van der Waals surface area contributed by atoms with Crippen LogP contribution in [0.2, 0.25) is 0 Å². The Hall–Kier alpha value is -5.07. The topological polar surface area (TPSA) is 0 Å². The van der Waals surface area contributed by atoms with Gasteiger partial charge in [0.05, 0.1) is 0 Å². The van der Waals surface area contributed by atoms with Gasteiger partial charge in [-0.15, -0.1) is 0 Å². The van der Waals surface area contributed by atoms with Crippen molar-refractivity contribution in [2.45, 2.75) is 66.2 Å². The van der Waals surface area contributed by atoms with Gasteiger partial charge in [0.25, 0.3) is 0 Å². The van der Waals surface area contributed by atoms with Crippen molar-refractivity contribution in [1.29, 1.82) is 0 Å². The molecule has 0 nitrogen and oxygen atoms in total. The molecule has 0 aromatic heterocycles. The second-order valence-electron chi connectivity index (χ2n) is 18.6. The summed E-state index contributed by atoms with van der Waals surface area (Å²) in [5.74, 6) is 0. The summed E-state index contributed by atoms with van der Waals surface area (Å²) in [5.41, 5.74) is 25.8. The van der Waals surface area contributed by atoms with E-state index in [9.17, 15) is 0 Å². The van der Waals surface area contributed by atoms with Crippen LogP contribution in [0.15, 0.2) is 97.1 Å². The van der Waals surface area contributed by atoms with Gasteiger partial charge in [0, 0.05) is 0 Å². The number of hydrogen-bond acceptors (Lipinski definition) is 0. The predicted octanol–water partition coefficient (Wildman–Crippen LogP) is 8.75. The van der Waals surface area contributed by atoms with E-state index in [0.29, 0.717) is 0 Å². The zero-order valence-electron chi connectivity index (χ0n) is 31.4. The molecule has 0 radical (unpaired) electrons. The standard InChI is InChI=1S/C50H40B2/c1-25-17-31-27-13-9-11-15-39(27)51-41-23-36-38(50(6,7)8)22-30-34-20-26(2)18-32-28-14-10-12-16-40(28)52(48(32)34)42-24-35-37(49(3,4)5)21-29(33(19-25)47(31)51)43(41)45(35)46(36)44(30)42/h9-24H,1-8H3. The van der Waals surface area contributed by atoms with E-state index in [0.717, 1.165) is 0 Å². The normalized spacial score (nSPS) is 14.5. The van der Waals surface area contributed by atoms with Crippen molar-refractivity contribution in [3.63, 3.8) is 0 Å². The van der Waals surface area contributed by atoms with Crippen molar-refractivity contribution < 1.29 is 0 Å². The number of benzene rings is 8. The fourth-order valence-electron chi connectivity index (χ4n) is 11.4. The minimum atomic E-state index is -0.0450. The van der Waals surface area contributed by atoms with Gasteiger partial charge < -0.3 is 0 Å². The third kappa shape index (κ3) is 3.35. The molecule has 52 heavy (non-hydrogen) atoms. The summed E-state index contributed by atoms with van der Waals surface area (Å²) in [5, 5.41) is 8.83. The number of hydrogen-bond donors (Lipinski definition) is 0. The molecule has 0 bridgehead atoms. The molecule has 0 saturated carbocycles. The third-order valence-electron chi connectivity index (χ3n) is 13.3. The van der Waals surface area contributed by atoms with E-state index in [1.165, 1.54) is 132 Å². The molecule has 0 unspecified atom stereocenters. The molecule has 0 N–H and O–H groups in total. The second kappa shape index (κ2) is 9.10. The van der Waals surface area contributed by atoms with Gasteiger partial charge in [-0.2, -0.15) is 0 Å². The summed E-state index contributed by atoms with van der Waals surface area (Å²) in [4.78, 5) is 0. The van der Waals surface area contributed by atoms with E-state index in [4.69, 9.17) is 0 Å². The van der Waals surface area contributed by atoms with Crippen LogP contribution >= 0.6 is 0 Å². The number of fused-ring (bicyclic) bond motifs is 10. The zero-order valence-corrected chi connectivity index (χ0v) is 31.4. The van der Waals surface area contributed by atoms with Crippen LogP contribution in [-0.4, -0.2) is 13.4 Å². The first-order valence-electron chi connectivity index (χ1n) is 19.3. The summed E-state index contributed by atoms with van der Waals surface area (Å²) in [7, 11) is 0. The maximum atomic E-state index is 2.67. The Morgan fingerprint density at radius 3 is 1.12 bits per heavy atom. The van der Waals surface area contributed by atoms with Crippen LogP contribution in [0.5, 0.6) is 0 Å². The average molecular weight is 662 g/mol. The Morgan fingerprint density at radius 2 is 0.731 bits per heavy atom. The van der Waals surface area contributed by atoms with E-state index in [1.807, 2.05) is 0 Å². The maximum Gasteiger partial charge on any atom is 0.244 e. The summed E-state index contributed by atoms with van der Waals surface area (Å²) >= 11 is 0. The van der Waals surface area contributed by atoms with Gasteiger partial charge in [-0.3, -0.25) is 0 Å².